The lowest BCUT2D eigenvalue weighted by Gasteiger charge is -2.33. The molecular formula is C60H101N13O18. The largest absolute Gasteiger partial charge is 0.481 e. The molecule has 0 unspecified atom stereocenters. The van der Waals surface area contributed by atoms with Crippen LogP contribution in [0.5, 0.6) is 0 Å². The minimum absolute atomic E-state index is 0.00244. The second-order valence-electron chi connectivity index (χ2n) is 25.0. The number of hydrogen-bond donors (Lipinski definition) is 15. The molecule has 0 bridgehead atoms. The molecule has 3 aliphatic rings. The Morgan fingerprint density at radius 3 is 1.52 bits per heavy atom. The van der Waals surface area contributed by atoms with Crippen LogP contribution in [-0.4, -0.2) is 218 Å². The van der Waals surface area contributed by atoms with E-state index in [2.05, 4.69) is 53.2 Å². The average Bonchev–Trinajstić information content (AvgIpc) is 1.86. The Bertz CT molecular complexity index is 2550. The van der Waals surface area contributed by atoms with Crippen molar-refractivity contribution in [1.29, 1.82) is 0 Å². The van der Waals surface area contributed by atoms with Gasteiger partial charge in [-0.25, -0.2) is 4.79 Å². The summed E-state index contributed by atoms with van der Waals surface area (Å²) in [7, 11) is 0. The highest BCUT2D eigenvalue weighted by atomic mass is 16.4. The summed E-state index contributed by atoms with van der Waals surface area (Å²) in [5.74, 6) is -14.9. The van der Waals surface area contributed by atoms with Crippen molar-refractivity contribution >= 4 is 82.9 Å². The number of rotatable bonds is 39. The maximum atomic E-state index is 14.4. The van der Waals surface area contributed by atoms with Crippen LogP contribution < -0.4 is 58.9 Å². The molecule has 3 saturated heterocycles. The minimum atomic E-state index is -1.90. The van der Waals surface area contributed by atoms with Gasteiger partial charge in [0.25, 0.3) is 0 Å². The molecule has 0 aromatic heterocycles. The normalized spacial score (nSPS) is 20.0. The van der Waals surface area contributed by atoms with E-state index in [0.29, 0.717) is 38.8 Å². The first-order valence-corrected chi connectivity index (χ1v) is 31.9. The molecule has 3 aliphatic heterocycles. The summed E-state index contributed by atoms with van der Waals surface area (Å²) in [5.41, 5.74) is 5.75. The van der Waals surface area contributed by atoms with Crippen LogP contribution in [0.2, 0.25) is 0 Å². The second kappa shape index (κ2) is 38.3. The van der Waals surface area contributed by atoms with Crippen molar-refractivity contribution in [2.24, 2.45) is 29.4 Å². The number of carbonyl (C=O) groups is 14. The topological polar surface area (TPSA) is 473 Å². The Morgan fingerprint density at radius 2 is 0.989 bits per heavy atom. The van der Waals surface area contributed by atoms with Gasteiger partial charge in [0.1, 0.15) is 66.5 Å². The first-order chi connectivity index (χ1) is 42.9. The molecule has 3 fully saturated rings. The number of aliphatic hydroxyl groups excluding tert-OH is 1. The molecule has 91 heavy (non-hydrogen) atoms. The average molecular weight is 1290 g/mol. The molecular weight excluding hydrogens is 1190 g/mol. The van der Waals surface area contributed by atoms with E-state index in [-0.39, 0.29) is 82.2 Å². The minimum Gasteiger partial charge on any atom is -0.481 e. The molecule has 0 saturated carbocycles. The number of hydrogen-bond acceptors (Lipinski definition) is 17. The van der Waals surface area contributed by atoms with Gasteiger partial charge in [0.05, 0.1) is 19.1 Å². The van der Waals surface area contributed by atoms with Crippen LogP contribution in [0.1, 0.15) is 165 Å². The third-order valence-electron chi connectivity index (χ3n) is 16.7. The van der Waals surface area contributed by atoms with Crippen LogP contribution in [0.25, 0.3) is 0 Å². The van der Waals surface area contributed by atoms with Crippen molar-refractivity contribution in [2.75, 3.05) is 32.8 Å². The van der Waals surface area contributed by atoms with Crippen molar-refractivity contribution in [3.63, 3.8) is 0 Å². The lowest BCUT2D eigenvalue weighted by molar-refractivity contribution is -0.145. The summed E-state index contributed by atoms with van der Waals surface area (Å²) in [6.07, 6.45) is 1.67. The van der Waals surface area contributed by atoms with Crippen LogP contribution in [0.3, 0.4) is 0 Å². The van der Waals surface area contributed by atoms with Gasteiger partial charge in [0, 0.05) is 19.5 Å². The smallest absolute Gasteiger partial charge is 0.326 e. The predicted molar refractivity (Wildman–Crippen MR) is 328 cm³/mol. The van der Waals surface area contributed by atoms with E-state index in [1.165, 1.54) is 11.8 Å². The molecule has 0 aromatic carbocycles. The summed E-state index contributed by atoms with van der Waals surface area (Å²) in [5, 5.41) is 65.2. The Morgan fingerprint density at radius 1 is 0.505 bits per heavy atom. The predicted octanol–water partition coefficient (Wildman–Crippen LogP) is -2.17. The summed E-state index contributed by atoms with van der Waals surface area (Å²) in [4.78, 5) is 192. The third kappa shape index (κ3) is 24.6. The summed E-state index contributed by atoms with van der Waals surface area (Å²) >= 11 is 0. The Hall–Kier alpha value is -7.54. The first kappa shape index (κ1) is 77.7. The molecule has 31 nitrogen and oxygen atoms in total. The van der Waals surface area contributed by atoms with Gasteiger partial charge >= 0.3 is 17.9 Å². The zero-order chi connectivity index (χ0) is 68.4. The molecule has 0 aliphatic carbocycles. The van der Waals surface area contributed by atoms with Crippen molar-refractivity contribution in [2.45, 2.75) is 238 Å². The highest BCUT2D eigenvalue weighted by molar-refractivity contribution is 6.00. The van der Waals surface area contributed by atoms with Crippen LogP contribution in [0, 0.1) is 23.7 Å². The lowest BCUT2D eigenvalue weighted by Crippen LogP contribution is -2.61. The van der Waals surface area contributed by atoms with Crippen molar-refractivity contribution < 1.29 is 87.5 Å². The summed E-state index contributed by atoms with van der Waals surface area (Å²) < 4.78 is 0. The van der Waals surface area contributed by atoms with Gasteiger partial charge in [-0.15, -0.1) is 0 Å². The molecule has 0 aromatic rings. The number of aliphatic carboxylic acids is 3. The van der Waals surface area contributed by atoms with Crippen LogP contribution in [-0.2, 0) is 67.1 Å². The maximum absolute atomic E-state index is 14.4. The fourth-order valence-electron chi connectivity index (χ4n) is 11.1. The molecule has 14 atom stereocenters. The van der Waals surface area contributed by atoms with Gasteiger partial charge in [-0.3, -0.25) is 62.3 Å². The number of nitrogens with one attached hydrogen (secondary N) is 10. The van der Waals surface area contributed by atoms with E-state index in [0.717, 1.165) is 11.3 Å². The van der Waals surface area contributed by atoms with E-state index in [1.807, 2.05) is 13.8 Å². The number of carbonyl (C=O) groups excluding carboxylic acids is 11. The van der Waals surface area contributed by atoms with Gasteiger partial charge in [0.2, 0.25) is 65.0 Å². The fraction of sp³-hybridized carbons (Fsp3) is 0.767. The number of likely N-dealkylation sites (tertiary alicyclic amines) is 2. The fourth-order valence-corrected chi connectivity index (χ4v) is 11.1. The van der Waals surface area contributed by atoms with Gasteiger partial charge in [-0.2, -0.15) is 0 Å². The first-order valence-electron chi connectivity index (χ1n) is 31.9. The van der Waals surface area contributed by atoms with E-state index in [4.69, 9.17) is 5.73 Å². The molecule has 16 N–H and O–H groups in total. The molecule has 0 spiro atoms. The summed E-state index contributed by atoms with van der Waals surface area (Å²) in [6, 6.07) is -15.7. The molecule has 514 valence electrons. The molecule has 3 rings (SSSR count). The number of carboxylic acids is 3. The monoisotopic (exact) mass is 1290 g/mol. The van der Waals surface area contributed by atoms with E-state index >= 15 is 0 Å². The Balaban J connectivity index is 1.82. The van der Waals surface area contributed by atoms with Crippen molar-refractivity contribution in [3.05, 3.63) is 0 Å². The highest BCUT2D eigenvalue weighted by Gasteiger charge is 2.43. The van der Waals surface area contributed by atoms with E-state index < -0.39 is 187 Å². The SMILES string of the molecule is CC[C@H](C)[C@H](NC(=O)[C@H](C)NC(=O)[C@H](CC(C)C)NC(=O)[C@@H]1CCCN1C(=O)[C@@H]1CCCN1)C(=O)N[C@@H](CCC(=O)O)C(=O)N[C@@H](CCCCN)C(=O)N[C@@H](CC(=O)O)C(=O)N[C@H](C(=O)N1CCC[C@H]1C(=O)N[C@@H](CO)C(=O)N[C@@H](CC(C)C)C(=O)O)[C@@H](C)CC. The third-order valence-corrected chi connectivity index (χ3v) is 16.7. The number of amides is 11. The van der Waals surface area contributed by atoms with Gasteiger partial charge in [-0.05, 0) is 121 Å². The molecule has 3 heterocycles. The lowest BCUT2D eigenvalue weighted by atomic mass is 9.96. The van der Waals surface area contributed by atoms with Gasteiger partial charge < -0.3 is 89.1 Å². The van der Waals surface area contributed by atoms with Gasteiger partial charge in [-0.1, -0.05) is 68.2 Å². The van der Waals surface area contributed by atoms with E-state index in [9.17, 15) is 87.5 Å². The molecule has 0 radical (unpaired) electrons. The van der Waals surface area contributed by atoms with Crippen LogP contribution in [0.4, 0.5) is 0 Å². The second-order valence-corrected chi connectivity index (χ2v) is 25.0. The van der Waals surface area contributed by atoms with Crippen molar-refractivity contribution in [3.8, 4) is 0 Å². The zero-order valence-corrected chi connectivity index (χ0v) is 54.1. The van der Waals surface area contributed by atoms with Crippen molar-refractivity contribution in [1.82, 2.24) is 63.0 Å². The standard InChI is InChI=1S/C60H101N13O18/c1-10-33(7)47(70-49(79)35(9)63-52(82)39(27-31(3)4)67-55(85)43-19-15-25-72(43)58(88)38-18-14-24-62-38)57(87)65-37(21-22-45(75)76)51(81)64-36(17-12-13-23-61)50(80)66-40(29-46(77)78)53(83)71-48(34(8)11-2)59(89)73-26-16-20-44(73)56(86)69-42(30-74)54(84)68-41(60(90)91)28-32(5)6/h31-44,47-48,62,74H,10-30,61H2,1-9H3,(H,63,82)(H,64,81)(H,65,87)(H,66,80)(H,67,85)(H,68,84)(H,69,86)(H,70,79)(H,71,83)(H,75,76)(H,77,78)(H,90,91)/t33-,34-,35-,36-,37-,38-,39-,40-,41-,42-,43-,44-,47-,48-/m0/s1. The summed E-state index contributed by atoms with van der Waals surface area (Å²) in [6.45, 7) is 15.4. The number of aliphatic hydroxyl groups is 1. The maximum Gasteiger partial charge on any atom is 0.326 e. The zero-order valence-electron chi connectivity index (χ0n) is 54.1. The van der Waals surface area contributed by atoms with Crippen LogP contribution in [0.15, 0.2) is 0 Å². The van der Waals surface area contributed by atoms with Crippen LogP contribution >= 0.6 is 0 Å². The highest BCUT2D eigenvalue weighted by Crippen LogP contribution is 2.24. The number of carboxylic acid groups (broad SMARTS) is 3. The van der Waals surface area contributed by atoms with E-state index in [1.54, 1.807) is 41.5 Å². The quantitative estimate of drug-likeness (QED) is 0.0291. The Labute approximate surface area is 531 Å². The number of nitrogens with zero attached hydrogens (tertiary/aromatic N) is 2. The Kier molecular flexibility index (Phi) is 32.7. The molecule has 11 amide bonds. The molecule has 31 heteroatoms. The number of nitrogens with two attached hydrogens (primary N) is 1. The number of unbranched alkanes of at least 4 members (excludes halogenated alkanes) is 1. The van der Waals surface area contributed by atoms with Gasteiger partial charge in [0.15, 0.2) is 0 Å².